The van der Waals surface area contributed by atoms with E-state index < -0.39 is 5.60 Å². The highest BCUT2D eigenvalue weighted by Gasteiger charge is 2.58. The summed E-state index contributed by atoms with van der Waals surface area (Å²) in [6, 6.07) is 17.0. The Morgan fingerprint density at radius 2 is 2.00 bits per heavy atom. The summed E-state index contributed by atoms with van der Waals surface area (Å²) >= 11 is 0. The van der Waals surface area contributed by atoms with Gasteiger partial charge in [0, 0.05) is 37.9 Å². The monoisotopic (exact) mass is 417 g/mol. The van der Waals surface area contributed by atoms with Crippen molar-refractivity contribution in [1.82, 2.24) is 14.8 Å². The molecule has 0 radical (unpaired) electrons. The number of morpholine rings is 1. The molecule has 5 rings (SSSR count). The second kappa shape index (κ2) is 8.00. The Bertz CT molecular complexity index is 1050. The molecule has 31 heavy (non-hydrogen) atoms. The number of furan rings is 1. The number of benzene rings is 1. The molecule has 2 amide bonds. The summed E-state index contributed by atoms with van der Waals surface area (Å²) in [5.41, 5.74) is 0.803. The van der Waals surface area contributed by atoms with Crippen LogP contribution in [-0.4, -0.2) is 58.4 Å². The van der Waals surface area contributed by atoms with Crippen LogP contribution in [0.5, 0.6) is 0 Å². The molecular formula is C24H23N3O4. The van der Waals surface area contributed by atoms with E-state index in [1.54, 1.807) is 29.4 Å². The minimum absolute atomic E-state index is 0.0915. The van der Waals surface area contributed by atoms with Crippen LogP contribution in [-0.2, 0) is 16.1 Å². The van der Waals surface area contributed by atoms with Gasteiger partial charge >= 0.3 is 0 Å². The summed E-state index contributed by atoms with van der Waals surface area (Å²) in [5.74, 6) is -0.392. The number of likely N-dealkylation sites (tertiary alicyclic amines) is 1. The summed E-state index contributed by atoms with van der Waals surface area (Å²) < 4.78 is 11.5. The molecule has 4 heterocycles. The number of amides is 2. The molecule has 2 aromatic heterocycles. The Kier molecular flexibility index (Phi) is 5.03. The van der Waals surface area contributed by atoms with E-state index in [-0.39, 0.29) is 30.0 Å². The van der Waals surface area contributed by atoms with Crippen molar-refractivity contribution in [2.45, 2.75) is 18.1 Å². The maximum Gasteiger partial charge on any atom is 0.289 e. The molecule has 0 bridgehead atoms. The maximum atomic E-state index is 13.8. The summed E-state index contributed by atoms with van der Waals surface area (Å²) in [7, 11) is 0. The third-order valence-corrected chi connectivity index (χ3v) is 6.08. The van der Waals surface area contributed by atoms with Gasteiger partial charge in [0.15, 0.2) is 11.4 Å². The molecule has 1 spiro atoms. The Hall–Kier alpha value is -3.45. The van der Waals surface area contributed by atoms with Gasteiger partial charge in [-0.15, -0.1) is 0 Å². The molecule has 2 atom stereocenters. The second-order valence-corrected chi connectivity index (χ2v) is 7.95. The van der Waals surface area contributed by atoms with Gasteiger partial charge in [0.05, 0.1) is 19.4 Å². The van der Waals surface area contributed by atoms with Crippen molar-refractivity contribution < 1.29 is 18.7 Å². The van der Waals surface area contributed by atoms with E-state index in [2.05, 4.69) is 4.98 Å². The lowest BCUT2D eigenvalue weighted by molar-refractivity contribution is -0.172. The molecule has 1 aromatic carbocycles. The molecule has 158 valence electrons. The number of nitrogens with zero attached hydrogens (tertiary/aromatic N) is 3. The predicted molar refractivity (Wildman–Crippen MR) is 112 cm³/mol. The predicted octanol–water partition coefficient (Wildman–Crippen LogP) is 2.71. The Balaban J connectivity index is 1.48. The molecule has 2 aliphatic heterocycles. The zero-order chi connectivity index (χ0) is 21.3. The van der Waals surface area contributed by atoms with Crippen LogP contribution < -0.4 is 0 Å². The normalized spacial score (nSPS) is 23.5. The summed E-state index contributed by atoms with van der Waals surface area (Å²) in [6.45, 7) is 1.97. The van der Waals surface area contributed by atoms with Gasteiger partial charge < -0.3 is 19.0 Å². The maximum absolute atomic E-state index is 13.8. The van der Waals surface area contributed by atoms with E-state index in [1.807, 2.05) is 47.4 Å². The number of carbonyl (C=O) groups excluding carboxylic acids is 2. The van der Waals surface area contributed by atoms with E-state index in [9.17, 15) is 9.59 Å². The van der Waals surface area contributed by atoms with Crippen molar-refractivity contribution >= 4 is 11.8 Å². The first-order chi connectivity index (χ1) is 15.2. The van der Waals surface area contributed by atoms with Crippen molar-refractivity contribution in [3.8, 4) is 0 Å². The standard InChI is InChI=1S/C24H23N3O4/c28-22(21-9-5-12-30-21)27-16-20(19-8-4-10-25-14-19)24(17-27)23(29)26(11-13-31-24)15-18-6-2-1-3-7-18/h1-10,12,14,20H,11,13,15-17H2/t20-,24-/m0/s1. The second-order valence-electron chi connectivity index (χ2n) is 7.95. The molecule has 7 heteroatoms. The summed E-state index contributed by atoms with van der Waals surface area (Å²) in [4.78, 5) is 34.6. The van der Waals surface area contributed by atoms with Crippen LogP contribution in [0.3, 0.4) is 0 Å². The van der Waals surface area contributed by atoms with Gasteiger partial charge in [-0.2, -0.15) is 0 Å². The molecule has 0 unspecified atom stereocenters. The first-order valence-corrected chi connectivity index (χ1v) is 10.4. The van der Waals surface area contributed by atoms with Gasteiger partial charge in [0.2, 0.25) is 0 Å². The number of hydrogen-bond acceptors (Lipinski definition) is 5. The zero-order valence-electron chi connectivity index (χ0n) is 17.0. The molecule has 0 aliphatic carbocycles. The van der Waals surface area contributed by atoms with Crippen LogP contribution in [0.4, 0.5) is 0 Å². The number of rotatable bonds is 4. The van der Waals surface area contributed by atoms with Crippen LogP contribution in [0.25, 0.3) is 0 Å². The lowest BCUT2D eigenvalue weighted by Gasteiger charge is -2.42. The van der Waals surface area contributed by atoms with Gasteiger partial charge in [0.25, 0.3) is 11.8 Å². The molecule has 2 fully saturated rings. The van der Waals surface area contributed by atoms with Crippen LogP contribution in [0.15, 0.2) is 77.7 Å². The lowest BCUT2D eigenvalue weighted by Crippen LogP contribution is -2.60. The van der Waals surface area contributed by atoms with Crippen molar-refractivity contribution in [3.63, 3.8) is 0 Å². The number of pyridine rings is 1. The molecule has 0 saturated carbocycles. The quantitative estimate of drug-likeness (QED) is 0.653. The zero-order valence-corrected chi connectivity index (χ0v) is 17.0. The average Bonchev–Trinajstić information content (AvgIpc) is 3.47. The molecule has 2 aliphatic rings. The average molecular weight is 417 g/mol. The number of carbonyl (C=O) groups is 2. The van der Waals surface area contributed by atoms with Gasteiger partial charge in [-0.05, 0) is 29.3 Å². The fraction of sp³-hybridized carbons (Fsp3) is 0.292. The first kappa shape index (κ1) is 19.5. The highest BCUT2D eigenvalue weighted by atomic mass is 16.5. The number of aromatic nitrogens is 1. The van der Waals surface area contributed by atoms with Gasteiger partial charge in [-0.25, -0.2) is 0 Å². The number of ether oxygens (including phenoxy) is 1. The van der Waals surface area contributed by atoms with E-state index in [0.29, 0.717) is 26.2 Å². The van der Waals surface area contributed by atoms with Gasteiger partial charge in [0.1, 0.15) is 0 Å². The van der Waals surface area contributed by atoms with E-state index >= 15 is 0 Å². The van der Waals surface area contributed by atoms with E-state index in [0.717, 1.165) is 11.1 Å². The van der Waals surface area contributed by atoms with Crippen molar-refractivity contribution in [3.05, 3.63) is 90.1 Å². The van der Waals surface area contributed by atoms with Crippen LogP contribution in [0.1, 0.15) is 27.6 Å². The number of hydrogen-bond donors (Lipinski definition) is 0. The Labute approximate surface area is 180 Å². The lowest BCUT2D eigenvalue weighted by atomic mass is 9.83. The van der Waals surface area contributed by atoms with Crippen LogP contribution in [0.2, 0.25) is 0 Å². The van der Waals surface area contributed by atoms with E-state index in [1.165, 1.54) is 6.26 Å². The minimum Gasteiger partial charge on any atom is -0.459 e. The highest BCUT2D eigenvalue weighted by Crippen LogP contribution is 2.42. The molecular weight excluding hydrogens is 394 g/mol. The van der Waals surface area contributed by atoms with Crippen molar-refractivity contribution in [2.75, 3.05) is 26.2 Å². The van der Waals surface area contributed by atoms with Crippen molar-refractivity contribution in [2.24, 2.45) is 0 Å². The fourth-order valence-corrected chi connectivity index (χ4v) is 4.58. The largest absolute Gasteiger partial charge is 0.459 e. The minimum atomic E-state index is -1.14. The van der Waals surface area contributed by atoms with Crippen LogP contribution >= 0.6 is 0 Å². The third kappa shape index (κ3) is 3.51. The van der Waals surface area contributed by atoms with Crippen molar-refractivity contribution in [1.29, 1.82) is 0 Å². The highest BCUT2D eigenvalue weighted by molar-refractivity contribution is 5.94. The SMILES string of the molecule is O=C(c1ccco1)N1C[C@@H](c2cccnc2)[C@]2(C1)OCCN(Cc1ccccc1)C2=O. The first-order valence-electron chi connectivity index (χ1n) is 10.4. The van der Waals surface area contributed by atoms with E-state index in [4.69, 9.17) is 9.15 Å². The van der Waals surface area contributed by atoms with Gasteiger partial charge in [-0.3, -0.25) is 14.6 Å². The molecule has 7 nitrogen and oxygen atoms in total. The third-order valence-electron chi connectivity index (χ3n) is 6.08. The summed E-state index contributed by atoms with van der Waals surface area (Å²) in [6.07, 6.45) is 4.92. The van der Waals surface area contributed by atoms with Gasteiger partial charge in [-0.1, -0.05) is 36.4 Å². The topological polar surface area (TPSA) is 75.9 Å². The smallest absolute Gasteiger partial charge is 0.289 e. The molecule has 2 saturated heterocycles. The summed E-state index contributed by atoms with van der Waals surface area (Å²) in [5, 5.41) is 0. The molecule has 3 aromatic rings. The van der Waals surface area contributed by atoms with Crippen LogP contribution in [0, 0.1) is 0 Å². The fourth-order valence-electron chi connectivity index (χ4n) is 4.58. The Morgan fingerprint density at radius 3 is 2.74 bits per heavy atom. The molecule has 0 N–H and O–H groups in total. The Morgan fingerprint density at radius 1 is 1.13 bits per heavy atom.